The Morgan fingerprint density at radius 3 is 2.75 bits per heavy atom. The van der Waals surface area contributed by atoms with Crippen molar-refractivity contribution in [1.82, 2.24) is 15.0 Å². The Bertz CT molecular complexity index is 1160. The molecule has 3 heterocycles. The van der Waals surface area contributed by atoms with Crippen LogP contribution in [0.25, 0.3) is 11.0 Å². The molecule has 2 aromatic heterocycles. The Balaban J connectivity index is 1.17. The number of rotatable bonds is 12. The first kappa shape index (κ1) is 25.2. The molecule has 1 aliphatic carbocycles. The van der Waals surface area contributed by atoms with Crippen LogP contribution in [0.3, 0.4) is 0 Å². The van der Waals surface area contributed by atoms with E-state index in [-0.39, 0.29) is 0 Å². The van der Waals surface area contributed by atoms with Gasteiger partial charge in [0.15, 0.2) is 5.58 Å². The molecular formula is C28H38N4O3S. The molecule has 2 aliphatic rings. The van der Waals surface area contributed by atoms with Gasteiger partial charge in [0.2, 0.25) is 0 Å². The third kappa shape index (κ3) is 6.28. The fourth-order valence-corrected chi connectivity index (χ4v) is 5.94. The van der Waals surface area contributed by atoms with Crippen molar-refractivity contribution in [3.63, 3.8) is 0 Å². The number of oxime groups is 1. The predicted molar refractivity (Wildman–Crippen MR) is 145 cm³/mol. The molecule has 5 rings (SSSR count). The predicted octanol–water partition coefficient (Wildman–Crippen LogP) is 5.56. The molecule has 0 atom stereocenters. The fraction of sp³-hybridized carbons (Fsp3) is 0.571. The molecule has 1 aliphatic heterocycles. The summed E-state index contributed by atoms with van der Waals surface area (Å²) in [5.41, 5.74) is 4.26. The summed E-state index contributed by atoms with van der Waals surface area (Å²) >= 11 is 1.80. The Hall–Kier alpha value is -2.42. The van der Waals surface area contributed by atoms with Crippen LogP contribution < -0.4 is 4.74 Å². The molecule has 0 N–H and O–H groups in total. The van der Waals surface area contributed by atoms with E-state index in [1.54, 1.807) is 18.4 Å². The van der Waals surface area contributed by atoms with Gasteiger partial charge in [-0.15, -0.1) is 11.3 Å². The van der Waals surface area contributed by atoms with E-state index in [1.165, 1.54) is 30.6 Å². The number of aromatic nitrogens is 1. The molecule has 8 heteroatoms. The summed E-state index contributed by atoms with van der Waals surface area (Å²) < 4.78 is 12.1. The van der Waals surface area contributed by atoms with E-state index in [1.807, 2.05) is 6.21 Å². The topological polar surface area (TPSA) is 63.3 Å². The Morgan fingerprint density at radius 1 is 1.17 bits per heavy atom. The minimum absolute atomic E-state index is 0.724. The van der Waals surface area contributed by atoms with Gasteiger partial charge in [0, 0.05) is 28.9 Å². The van der Waals surface area contributed by atoms with Crippen LogP contribution in [-0.4, -0.2) is 62.1 Å². The van der Waals surface area contributed by atoms with Crippen molar-refractivity contribution in [1.29, 1.82) is 0 Å². The highest BCUT2D eigenvalue weighted by molar-refractivity contribution is 7.10. The van der Waals surface area contributed by atoms with E-state index in [2.05, 4.69) is 57.8 Å². The summed E-state index contributed by atoms with van der Waals surface area (Å²) in [5, 5.41) is 11.7. The third-order valence-electron chi connectivity index (χ3n) is 7.36. The molecule has 36 heavy (non-hydrogen) atoms. The van der Waals surface area contributed by atoms with Crippen LogP contribution in [0.2, 0.25) is 0 Å². The van der Waals surface area contributed by atoms with Crippen LogP contribution in [0.1, 0.15) is 53.8 Å². The summed E-state index contributed by atoms with van der Waals surface area (Å²) in [6.45, 7) is 4.85. The normalized spacial score (nSPS) is 17.6. The van der Waals surface area contributed by atoms with E-state index in [4.69, 9.17) is 14.1 Å². The van der Waals surface area contributed by atoms with Crippen molar-refractivity contribution in [3.05, 3.63) is 45.3 Å². The maximum absolute atomic E-state index is 6.18. The van der Waals surface area contributed by atoms with Gasteiger partial charge in [-0.2, -0.15) is 0 Å². The highest BCUT2D eigenvalue weighted by Crippen LogP contribution is 2.35. The number of likely N-dealkylation sites (tertiary alicyclic amines) is 1. The van der Waals surface area contributed by atoms with E-state index in [0.717, 1.165) is 91.0 Å². The number of nitrogens with zero attached hydrogens (tertiary/aromatic N) is 4. The van der Waals surface area contributed by atoms with Gasteiger partial charge < -0.3 is 19.0 Å². The number of fused-ring (bicyclic) bond motifs is 1. The summed E-state index contributed by atoms with van der Waals surface area (Å²) in [6, 6.07) is 6.39. The van der Waals surface area contributed by atoms with Crippen molar-refractivity contribution >= 4 is 28.5 Å². The van der Waals surface area contributed by atoms with Crippen LogP contribution in [0, 0.1) is 11.8 Å². The lowest BCUT2D eigenvalue weighted by molar-refractivity contribution is 0.173. The summed E-state index contributed by atoms with van der Waals surface area (Å²) in [5.74, 6) is 2.40. The molecule has 2 fully saturated rings. The largest absolute Gasteiger partial charge is 0.493 e. The number of aryl methyl sites for hydroxylation is 1. The number of benzene rings is 1. The summed E-state index contributed by atoms with van der Waals surface area (Å²) in [4.78, 5) is 10.9. The lowest BCUT2D eigenvalue weighted by Crippen LogP contribution is -2.33. The zero-order valence-corrected chi connectivity index (χ0v) is 22.6. The van der Waals surface area contributed by atoms with Crippen LogP contribution >= 0.6 is 11.3 Å². The van der Waals surface area contributed by atoms with Gasteiger partial charge >= 0.3 is 0 Å². The van der Waals surface area contributed by atoms with Crippen molar-refractivity contribution in [2.24, 2.45) is 17.0 Å². The highest BCUT2D eigenvalue weighted by Gasteiger charge is 2.25. The maximum atomic E-state index is 6.18. The molecule has 0 unspecified atom stereocenters. The van der Waals surface area contributed by atoms with Crippen LogP contribution in [-0.2, 0) is 24.3 Å². The first-order valence-corrected chi connectivity index (χ1v) is 14.0. The minimum atomic E-state index is 0.724. The molecule has 1 saturated heterocycles. The molecule has 0 bridgehead atoms. The number of ether oxygens (including phenoxy) is 1. The van der Waals surface area contributed by atoms with Gasteiger partial charge in [0.1, 0.15) is 12.9 Å². The Labute approximate surface area is 218 Å². The monoisotopic (exact) mass is 510 g/mol. The molecule has 0 spiro atoms. The van der Waals surface area contributed by atoms with Gasteiger partial charge in [-0.1, -0.05) is 10.3 Å². The lowest BCUT2D eigenvalue weighted by atomic mass is 9.91. The molecule has 0 amide bonds. The first-order valence-electron chi connectivity index (χ1n) is 13.1. The number of hydrogen-bond donors (Lipinski definition) is 0. The summed E-state index contributed by atoms with van der Waals surface area (Å²) in [7, 11) is 5.75. The van der Waals surface area contributed by atoms with Gasteiger partial charge in [0.25, 0.3) is 0 Å². The maximum Gasteiger partial charge on any atom is 0.175 e. The molecule has 7 nitrogen and oxygen atoms in total. The molecule has 0 radical (unpaired) electrons. The Kier molecular flexibility index (Phi) is 8.24. The number of piperidine rings is 1. The first-order chi connectivity index (χ1) is 17.6. The van der Waals surface area contributed by atoms with Crippen LogP contribution in [0.4, 0.5) is 0 Å². The van der Waals surface area contributed by atoms with E-state index in [0.29, 0.717) is 0 Å². The second kappa shape index (κ2) is 11.8. The second-order valence-corrected chi connectivity index (χ2v) is 11.5. The second-order valence-electron chi connectivity index (χ2n) is 10.5. The lowest BCUT2D eigenvalue weighted by Gasteiger charge is -2.31. The molecule has 1 saturated carbocycles. The van der Waals surface area contributed by atoms with Gasteiger partial charge in [-0.3, -0.25) is 4.90 Å². The van der Waals surface area contributed by atoms with E-state index < -0.39 is 0 Å². The minimum Gasteiger partial charge on any atom is -0.493 e. The molecule has 194 valence electrons. The fourth-order valence-electron chi connectivity index (χ4n) is 5.05. The van der Waals surface area contributed by atoms with E-state index >= 15 is 0 Å². The average molecular weight is 511 g/mol. The van der Waals surface area contributed by atoms with E-state index in [9.17, 15) is 0 Å². The van der Waals surface area contributed by atoms with Crippen molar-refractivity contribution < 1.29 is 14.1 Å². The molecular weight excluding hydrogens is 472 g/mol. The Morgan fingerprint density at radius 2 is 2.00 bits per heavy atom. The van der Waals surface area contributed by atoms with Crippen LogP contribution in [0.15, 0.2) is 33.3 Å². The molecule has 1 aromatic carbocycles. The summed E-state index contributed by atoms with van der Waals surface area (Å²) in [6.07, 6.45) is 8.96. The third-order valence-corrected chi connectivity index (χ3v) is 8.28. The van der Waals surface area contributed by atoms with Crippen LogP contribution in [0.5, 0.6) is 5.75 Å². The average Bonchev–Trinajstić information content (AvgIpc) is 3.45. The number of hydrogen-bond acceptors (Lipinski definition) is 8. The van der Waals surface area contributed by atoms with Crippen molar-refractivity contribution in [3.8, 4) is 5.75 Å². The smallest absolute Gasteiger partial charge is 0.175 e. The van der Waals surface area contributed by atoms with Gasteiger partial charge in [0.05, 0.1) is 24.1 Å². The quantitative estimate of drug-likeness (QED) is 0.235. The van der Waals surface area contributed by atoms with Crippen molar-refractivity contribution in [2.75, 3.05) is 40.9 Å². The van der Waals surface area contributed by atoms with Gasteiger partial charge in [-0.05, 0) is 101 Å². The van der Waals surface area contributed by atoms with Gasteiger partial charge in [-0.25, -0.2) is 0 Å². The SMILES string of the molecule is CON=Cc1ccsc1CN1CCC(CCc2noc3c(CN(C)C)c(OCC4CC4)ccc23)CC1. The standard InChI is InChI=1S/C28H38N4O3S/c1-31(2)17-24-26(34-19-21-4-5-21)9-7-23-25(30-35-28(23)24)8-6-20-10-13-32(14-11-20)18-27-22(12-15-36-27)16-29-33-3/h7,9,12,15-16,20-21H,4-6,8,10-11,13-14,17-19H2,1-3H3. The zero-order chi connectivity index (χ0) is 24.9. The highest BCUT2D eigenvalue weighted by atomic mass is 32.1. The molecule has 3 aromatic rings. The number of thiophene rings is 1. The van der Waals surface area contributed by atoms with Crippen molar-refractivity contribution in [2.45, 2.75) is 51.6 Å². The zero-order valence-electron chi connectivity index (χ0n) is 21.7.